The average Bonchev–Trinajstić information content (AvgIpc) is 1.99. The molecule has 0 heterocycles. The molecule has 2 atom stereocenters. The summed E-state index contributed by atoms with van der Waals surface area (Å²) in [5.74, 6) is -2.21. The van der Waals surface area contributed by atoms with Gasteiger partial charge in [-0.25, -0.2) is 0 Å². The van der Waals surface area contributed by atoms with Crippen LogP contribution in [0.5, 0.6) is 0 Å². The minimum Gasteiger partial charge on any atom is -0.481 e. The molecule has 2 N–H and O–H groups in total. The van der Waals surface area contributed by atoms with Crippen LogP contribution in [0, 0.1) is 5.92 Å². The largest absolute Gasteiger partial charge is 0.481 e. The number of rotatable bonds is 6. The lowest BCUT2D eigenvalue weighted by atomic mass is 9.83. The van der Waals surface area contributed by atoms with E-state index in [4.69, 9.17) is 5.11 Å². The quantitative estimate of drug-likeness (QED) is 0.752. The number of halogens is 3. The highest BCUT2D eigenvalue weighted by Crippen LogP contribution is 2.30. The zero-order chi connectivity index (χ0) is 13.0. The van der Waals surface area contributed by atoms with Gasteiger partial charge in [0.05, 0.1) is 11.5 Å². The Labute approximate surface area is 92.3 Å². The van der Waals surface area contributed by atoms with Crippen molar-refractivity contribution in [3.05, 3.63) is 0 Å². The first-order valence-corrected chi connectivity index (χ1v) is 5.12. The first-order chi connectivity index (χ1) is 7.10. The molecule has 0 aromatic heterocycles. The van der Waals surface area contributed by atoms with Crippen LogP contribution in [-0.4, -0.2) is 28.0 Å². The van der Waals surface area contributed by atoms with E-state index in [9.17, 15) is 23.1 Å². The second-order valence-corrected chi connectivity index (χ2v) is 4.12. The van der Waals surface area contributed by atoms with Crippen LogP contribution >= 0.6 is 0 Å². The van der Waals surface area contributed by atoms with Gasteiger partial charge in [0.15, 0.2) is 0 Å². The van der Waals surface area contributed by atoms with Crippen LogP contribution in [0.2, 0.25) is 0 Å². The van der Waals surface area contributed by atoms with Crippen molar-refractivity contribution in [1.82, 2.24) is 0 Å². The molecule has 0 aliphatic rings. The minimum atomic E-state index is -4.26. The molecule has 0 saturated carbocycles. The van der Waals surface area contributed by atoms with Gasteiger partial charge < -0.3 is 10.2 Å². The molecule has 0 radical (unpaired) electrons. The summed E-state index contributed by atoms with van der Waals surface area (Å²) in [5.41, 5.74) is -1.59. The highest BCUT2D eigenvalue weighted by atomic mass is 19.4. The maximum Gasteiger partial charge on any atom is 0.389 e. The lowest BCUT2D eigenvalue weighted by molar-refractivity contribution is -0.153. The van der Waals surface area contributed by atoms with Crippen molar-refractivity contribution in [2.24, 2.45) is 5.92 Å². The Bertz CT molecular complexity index is 236. The van der Waals surface area contributed by atoms with Gasteiger partial charge in [-0.2, -0.15) is 13.2 Å². The molecule has 0 fully saturated rings. The van der Waals surface area contributed by atoms with Crippen LogP contribution in [0.15, 0.2) is 0 Å². The average molecular weight is 242 g/mol. The van der Waals surface area contributed by atoms with E-state index >= 15 is 0 Å². The van der Waals surface area contributed by atoms with E-state index in [0.717, 1.165) is 0 Å². The van der Waals surface area contributed by atoms with Crippen LogP contribution < -0.4 is 0 Å². The summed E-state index contributed by atoms with van der Waals surface area (Å²) in [7, 11) is 0. The fourth-order valence-corrected chi connectivity index (χ4v) is 1.70. The van der Waals surface area contributed by atoms with Crippen molar-refractivity contribution in [2.75, 3.05) is 0 Å². The predicted octanol–water partition coefficient (Wildman–Crippen LogP) is 2.58. The zero-order valence-electron chi connectivity index (χ0n) is 9.34. The number of carboxylic acid groups (broad SMARTS) is 1. The summed E-state index contributed by atoms with van der Waals surface area (Å²) in [6.45, 7) is 2.85. The van der Waals surface area contributed by atoms with Crippen LogP contribution in [0.1, 0.15) is 39.5 Å². The Kier molecular flexibility index (Phi) is 5.25. The molecule has 0 amide bonds. The third kappa shape index (κ3) is 5.34. The number of hydrogen-bond donors (Lipinski definition) is 2. The van der Waals surface area contributed by atoms with Crippen molar-refractivity contribution in [1.29, 1.82) is 0 Å². The van der Waals surface area contributed by atoms with Gasteiger partial charge in [0.25, 0.3) is 0 Å². The highest BCUT2D eigenvalue weighted by molar-refractivity contribution is 5.71. The highest BCUT2D eigenvalue weighted by Gasteiger charge is 2.37. The van der Waals surface area contributed by atoms with Crippen LogP contribution in [0.4, 0.5) is 13.2 Å². The number of aliphatic hydroxyl groups is 1. The number of carbonyl (C=O) groups is 1. The van der Waals surface area contributed by atoms with Crippen LogP contribution in [0.25, 0.3) is 0 Å². The maximum atomic E-state index is 11.9. The summed E-state index contributed by atoms with van der Waals surface area (Å²) < 4.78 is 35.6. The molecule has 16 heavy (non-hydrogen) atoms. The summed E-state index contributed by atoms with van der Waals surface area (Å²) >= 11 is 0. The fraction of sp³-hybridized carbons (Fsp3) is 0.900. The molecule has 0 saturated heterocycles. The smallest absolute Gasteiger partial charge is 0.389 e. The monoisotopic (exact) mass is 242 g/mol. The molecule has 96 valence electrons. The number of alkyl halides is 3. The van der Waals surface area contributed by atoms with Crippen molar-refractivity contribution < 1.29 is 28.2 Å². The van der Waals surface area contributed by atoms with E-state index in [-0.39, 0.29) is 19.3 Å². The van der Waals surface area contributed by atoms with E-state index in [1.165, 1.54) is 6.92 Å². The van der Waals surface area contributed by atoms with Crippen molar-refractivity contribution >= 4 is 5.97 Å². The number of carboxylic acids is 1. The fourth-order valence-electron chi connectivity index (χ4n) is 1.70. The van der Waals surface area contributed by atoms with Crippen LogP contribution in [-0.2, 0) is 4.79 Å². The lowest BCUT2D eigenvalue weighted by Crippen LogP contribution is -2.39. The number of aliphatic carboxylic acids is 1. The van der Waals surface area contributed by atoms with E-state index in [1.807, 2.05) is 0 Å². The summed E-state index contributed by atoms with van der Waals surface area (Å²) in [4.78, 5) is 10.8. The molecular weight excluding hydrogens is 225 g/mol. The van der Waals surface area contributed by atoms with E-state index in [0.29, 0.717) is 0 Å². The molecule has 2 unspecified atom stereocenters. The Morgan fingerprint density at radius 2 is 1.81 bits per heavy atom. The summed E-state index contributed by atoms with van der Waals surface area (Å²) in [6, 6.07) is 0. The van der Waals surface area contributed by atoms with Crippen molar-refractivity contribution in [3.8, 4) is 0 Å². The van der Waals surface area contributed by atoms with Gasteiger partial charge in [-0.05, 0) is 26.2 Å². The van der Waals surface area contributed by atoms with Gasteiger partial charge >= 0.3 is 12.1 Å². The first kappa shape index (κ1) is 15.2. The second kappa shape index (κ2) is 5.52. The standard InChI is InChI=1S/C10H17F3O3/c1-3-7(8(14)15)9(2,16)5-4-6-10(11,12)13/h7,16H,3-6H2,1-2H3,(H,14,15). The van der Waals surface area contributed by atoms with Gasteiger partial charge in [-0.3, -0.25) is 4.79 Å². The summed E-state index contributed by atoms with van der Waals surface area (Å²) in [5, 5.41) is 18.6. The SMILES string of the molecule is CCC(C(=O)O)C(C)(O)CCCC(F)(F)F. The van der Waals surface area contributed by atoms with Gasteiger partial charge in [0, 0.05) is 6.42 Å². The summed E-state index contributed by atoms with van der Waals surface area (Å²) in [6.07, 6.45) is -5.51. The second-order valence-electron chi connectivity index (χ2n) is 4.12. The van der Waals surface area contributed by atoms with Crippen molar-refractivity contribution in [2.45, 2.75) is 51.3 Å². The first-order valence-electron chi connectivity index (χ1n) is 5.12. The molecule has 0 aromatic rings. The topological polar surface area (TPSA) is 57.5 Å². The normalized spacial score (nSPS) is 17.9. The molecule has 0 aliphatic heterocycles. The van der Waals surface area contributed by atoms with E-state index in [1.54, 1.807) is 6.92 Å². The molecule has 0 spiro atoms. The molecule has 0 aliphatic carbocycles. The van der Waals surface area contributed by atoms with E-state index < -0.39 is 30.1 Å². The Balaban J connectivity index is 4.28. The molecule has 3 nitrogen and oxygen atoms in total. The van der Waals surface area contributed by atoms with Crippen molar-refractivity contribution in [3.63, 3.8) is 0 Å². The Morgan fingerprint density at radius 3 is 2.12 bits per heavy atom. The lowest BCUT2D eigenvalue weighted by Gasteiger charge is -2.29. The number of hydrogen-bond acceptors (Lipinski definition) is 2. The Morgan fingerprint density at radius 1 is 1.31 bits per heavy atom. The maximum absolute atomic E-state index is 11.9. The Hall–Kier alpha value is -0.780. The third-order valence-electron chi connectivity index (χ3n) is 2.60. The zero-order valence-corrected chi connectivity index (χ0v) is 9.34. The minimum absolute atomic E-state index is 0.169. The van der Waals surface area contributed by atoms with Crippen LogP contribution in [0.3, 0.4) is 0 Å². The third-order valence-corrected chi connectivity index (χ3v) is 2.60. The molecule has 0 rings (SSSR count). The predicted molar refractivity (Wildman–Crippen MR) is 51.9 cm³/mol. The molecule has 0 aromatic carbocycles. The van der Waals surface area contributed by atoms with Gasteiger partial charge in [0.1, 0.15) is 0 Å². The van der Waals surface area contributed by atoms with Gasteiger partial charge in [-0.1, -0.05) is 6.92 Å². The molecule has 6 heteroatoms. The molecular formula is C10H17F3O3. The van der Waals surface area contributed by atoms with Gasteiger partial charge in [-0.15, -0.1) is 0 Å². The molecule has 0 bridgehead atoms. The van der Waals surface area contributed by atoms with Gasteiger partial charge in [0.2, 0.25) is 0 Å². The van der Waals surface area contributed by atoms with E-state index in [2.05, 4.69) is 0 Å².